The first kappa shape index (κ1) is 14.3. The maximum atomic E-state index is 3.89. The average molecular weight is 282 g/mol. The summed E-state index contributed by atoms with van der Waals surface area (Å²) >= 11 is 1.98. The number of hydrogen-bond donors (Lipinski definition) is 1. The van der Waals surface area contributed by atoms with Crippen LogP contribution in [0, 0.1) is 23.2 Å². The van der Waals surface area contributed by atoms with E-state index in [4.69, 9.17) is 0 Å². The van der Waals surface area contributed by atoms with Gasteiger partial charge in [-0.25, -0.2) is 0 Å². The number of thioether (sulfide) groups is 1. The molecule has 4 saturated carbocycles. The Bertz CT molecular complexity index is 266. The normalized spacial score (nSPS) is 41.7. The number of unbranched alkanes of at least 4 members (excludes halogenated alkanes) is 1. The van der Waals surface area contributed by atoms with Crippen LogP contribution in [-0.4, -0.2) is 24.6 Å². The van der Waals surface area contributed by atoms with Gasteiger partial charge in [-0.2, -0.15) is 11.8 Å². The average Bonchev–Trinajstić information content (AvgIpc) is 2.36. The first-order valence-electron chi connectivity index (χ1n) is 8.44. The van der Waals surface area contributed by atoms with Gasteiger partial charge in [-0.1, -0.05) is 0 Å². The lowest BCUT2D eigenvalue weighted by atomic mass is 9.48. The minimum atomic E-state index is 0.689. The zero-order valence-electron chi connectivity index (χ0n) is 12.8. The van der Waals surface area contributed by atoms with Crippen molar-refractivity contribution < 1.29 is 0 Å². The molecule has 0 aliphatic heterocycles. The van der Waals surface area contributed by atoms with Crippen LogP contribution in [0.5, 0.6) is 0 Å². The second-order valence-electron chi connectivity index (χ2n) is 7.66. The maximum absolute atomic E-state index is 3.89. The smallest absolute Gasteiger partial charge is 0.00954 e. The lowest BCUT2D eigenvalue weighted by Crippen LogP contribution is -2.54. The Hall–Kier alpha value is 0.310. The van der Waals surface area contributed by atoms with Crippen molar-refractivity contribution in [1.82, 2.24) is 5.32 Å². The van der Waals surface area contributed by atoms with E-state index in [1.807, 2.05) is 11.8 Å². The molecule has 0 aromatic heterocycles. The Morgan fingerprint density at radius 1 is 1.05 bits per heavy atom. The third-order valence-corrected chi connectivity index (χ3v) is 6.93. The molecule has 4 aliphatic carbocycles. The zero-order valence-corrected chi connectivity index (χ0v) is 13.6. The second-order valence-corrected chi connectivity index (χ2v) is 8.64. The van der Waals surface area contributed by atoms with Crippen molar-refractivity contribution in [3.05, 3.63) is 0 Å². The summed E-state index contributed by atoms with van der Waals surface area (Å²) in [5.41, 5.74) is 0.689. The minimum Gasteiger partial charge on any atom is -0.314 e. The highest BCUT2D eigenvalue weighted by Gasteiger charge is 2.52. The van der Waals surface area contributed by atoms with Gasteiger partial charge in [0.25, 0.3) is 0 Å². The summed E-state index contributed by atoms with van der Waals surface area (Å²) in [6.45, 7) is 3.73. The highest BCUT2D eigenvalue weighted by Crippen LogP contribution is 2.61. The fourth-order valence-corrected chi connectivity index (χ4v) is 6.11. The molecule has 0 radical (unpaired) electrons. The molecule has 4 aliphatic rings. The van der Waals surface area contributed by atoms with Crippen LogP contribution in [0.2, 0.25) is 0 Å². The Morgan fingerprint density at radius 2 is 1.63 bits per heavy atom. The summed E-state index contributed by atoms with van der Waals surface area (Å²) in [6, 6.07) is 0.759. The SMILES string of the molecule is CSCCCCNC(C)C12CC3CC(CC(C3)C1)C2. The second kappa shape index (κ2) is 5.97. The van der Waals surface area contributed by atoms with Crippen molar-refractivity contribution in [3.63, 3.8) is 0 Å². The molecular weight excluding hydrogens is 250 g/mol. The molecule has 1 nitrogen and oxygen atoms in total. The molecule has 4 bridgehead atoms. The summed E-state index contributed by atoms with van der Waals surface area (Å²) in [6.07, 6.45) is 14.3. The van der Waals surface area contributed by atoms with Gasteiger partial charge in [0.05, 0.1) is 0 Å². The number of rotatable bonds is 7. The van der Waals surface area contributed by atoms with E-state index in [2.05, 4.69) is 18.5 Å². The van der Waals surface area contributed by atoms with Gasteiger partial charge in [-0.05, 0) is 100 Å². The van der Waals surface area contributed by atoms with E-state index >= 15 is 0 Å². The van der Waals surface area contributed by atoms with Gasteiger partial charge in [-0.3, -0.25) is 0 Å². The summed E-state index contributed by atoms with van der Waals surface area (Å²) < 4.78 is 0. The molecule has 110 valence electrons. The van der Waals surface area contributed by atoms with Crippen LogP contribution in [0.25, 0.3) is 0 Å². The number of nitrogens with one attached hydrogen (secondary N) is 1. The summed E-state index contributed by atoms with van der Waals surface area (Å²) in [4.78, 5) is 0. The zero-order chi connectivity index (χ0) is 13.3. The van der Waals surface area contributed by atoms with Crippen molar-refractivity contribution in [3.8, 4) is 0 Å². The molecule has 0 aromatic carbocycles. The van der Waals surface area contributed by atoms with E-state index in [1.165, 1.54) is 25.1 Å². The van der Waals surface area contributed by atoms with Crippen LogP contribution >= 0.6 is 11.8 Å². The lowest BCUT2D eigenvalue weighted by Gasteiger charge is -2.59. The van der Waals surface area contributed by atoms with Crippen LogP contribution in [0.3, 0.4) is 0 Å². The van der Waals surface area contributed by atoms with E-state index in [0.717, 1.165) is 23.8 Å². The van der Waals surface area contributed by atoms with Gasteiger partial charge >= 0.3 is 0 Å². The van der Waals surface area contributed by atoms with E-state index in [9.17, 15) is 0 Å². The van der Waals surface area contributed by atoms with Crippen LogP contribution in [0.4, 0.5) is 0 Å². The molecule has 19 heavy (non-hydrogen) atoms. The molecule has 0 aromatic rings. The van der Waals surface area contributed by atoms with E-state index in [0.29, 0.717) is 5.41 Å². The monoisotopic (exact) mass is 281 g/mol. The molecule has 1 atom stereocenters. The Morgan fingerprint density at radius 3 is 2.16 bits per heavy atom. The Kier molecular flexibility index (Phi) is 4.48. The fourth-order valence-electron chi connectivity index (χ4n) is 5.61. The summed E-state index contributed by atoms with van der Waals surface area (Å²) in [5.74, 6) is 4.60. The largest absolute Gasteiger partial charge is 0.314 e. The van der Waals surface area contributed by atoms with E-state index in [-0.39, 0.29) is 0 Å². The number of hydrogen-bond acceptors (Lipinski definition) is 2. The van der Waals surface area contributed by atoms with Gasteiger partial charge in [0.15, 0.2) is 0 Å². The van der Waals surface area contributed by atoms with E-state index < -0.39 is 0 Å². The van der Waals surface area contributed by atoms with Crippen LogP contribution in [0.15, 0.2) is 0 Å². The lowest BCUT2D eigenvalue weighted by molar-refractivity contribution is -0.0703. The summed E-state index contributed by atoms with van der Waals surface area (Å²) in [7, 11) is 0. The van der Waals surface area contributed by atoms with Gasteiger partial charge in [0.2, 0.25) is 0 Å². The maximum Gasteiger partial charge on any atom is 0.00954 e. The molecule has 1 unspecified atom stereocenters. The van der Waals surface area contributed by atoms with Gasteiger partial charge in [0, 0.05) is 6.04 Å². The predicted octanol–water partition coefficient (Wildman–Crippen LogP) is 4.32. The topological polar surface area (TPSA) is 12.0 Å². The molecule has 0 amide bonds. The first-order chi connectivity index (χ1) is 9.22. The molecule has 4 rings (SSSR count). The quantitative estimate of drug-likeness (QED) is 0.697. The van der Waals surface area contributed by atoms with Gasteiger partial charge in [-0.15, -0.1) is 0 Å². The Labute approximate surface area is 123 Å². The van der Waals surface area contributed by atoms with Crippen molar-refractivity contribution >= 4 is 11.8 Å². The molecule has 0 spiro atoms. The van der Waals surface area contributed by atoms with Crippen LogP contribution in [-0.2, 0) is 0 Å². The highest BCUT2D eigenvalue weighted by atomic mass is 32.2. The van der Waals surface area contributed by atoms with Crippen LogP contribution in [0.1, 0.15) is 58.3 Å². The highest BCUT2D eigenvalue weighted by molar-refractivity contribution is 7.98. The molecule has 4 fully saturated rings. The predicted molar refractivity (Wildman–Crippen MR) is 85.7 cm³/mol. The third kappa shape index (κ3) is 3.00. The van der Waals surface area contributed by atoms with Crippen LogP contribution < -0.4 is 5.32 Å². The third-order valence-electron chi connectivity index (χ3n) is 6.23. The molecule has 0 saturated heterocycles. The molecule has 2 heteroatoms. The van der Waals surface area contributed by atoms with Gasteiger partial charge < -0.3 is 5.32 Å². The molecular formula is C17H31NS. The minimum absolute atomic E-state index is 0.689. The molecule has 1 N–H and O–H groups in total. The summed E-state index contributed by atoms with van der Waals surface area (Å²) in [5, 5.41) is 3.89. The van der Waals surface area contributed by atoms with Crippen molar-refractivity contribution in [1.29, 1.82) is 0 Å². The standard InChI is InChI=1S/C17H31NS/c1-13(18-5-3-4-6-19-2)17-10-14-7-15(11-17)9-16(8-14)12-17/h13-16,18H,3-12H2,1-2H3. The van der Waals surface area contributed by atoms with Gasteiger partial charge in [0.1, 0.15) is 0 Å². The van der Waals surface area contributed by atoms with Crippen molar-refractivity contribution in [2.45, 2.75) is 64.3 Å². The fraction of sp³-hybridized carbons (Fsp3) is 1.00. The van der Waals surface area contributed by atoms with E-state index in [1.54, 1.807) is 38.5 Å². The first-order valence-corrected chi connectivity index (χ1v) is 9.83. The van der Waals surface area contributed by atoms with Crippen molar-refractivity contribution in [2.24, 2.45) is 23.2 Å². The Balaban J connectivity index is 1.50. The molecule has 0 heterocycles. The van der Waals surface area contributed by atoms with Crippen molar-refractivity contribution in [2.75, 3.05) is 18.6 Å².